The Bertz CT molecular complexity index is 830. The van der Waals surface area contributed by atoms with E-state index >= 15 is 0 Å². The fourth-order valence-electron chi connectivity index (χ4n) is 1.96. The van der Waals surface area contributed by atoms with E-state index in [4.69, 9.17) is 10.5 Å². The molecule has 0 saturated heterocycles. The van der Waals surface area contributed by atoms with Gasteiger partial charge in [-0.15, -0.1) is 0 Å². The number of nitrogens with zero attached hydrogens (tertiary/aromatic N) is 2. The number of nitrogen functional groups attached to an aromatic ring is 1. The third-order valence-electron chi connectivity index (χ3n) is 2.92. The van der Waals surface area contributed by atoms with Crippen molar-refractivity contribution >= 4 is 32.8 Å². The number of esters is 1. The molecule has 0 radical (unpaired) electrons. The smallest absolute Gasteiger partial charge is 0.339 e. The van der Waals surface area contributed by atoms with Gasteiger partial charge in [-0.1, -0.05) is 11.3 Å². The van der Waals surface area contributed by atoms with Crippen LogP contribution in [0.15, 0.2) is 30.3 Å². The molecule has 0 aliphatic rings. The van der Waals surface area contributed by atoms with Crippen molar-refractivity contribution in [3.05, 3.63) is 41.7 Å². The van der Waals surface area contributed by atoms with E-state index in [1.807, 2.05) is 0 Å². The Labute approximate surface area is 123 Å². The Hall–Kier alpha value is -2.54. The highest BCUT2D eigenvalue weighted by molar-refractivity contribution is 7.22. The second kappa shape index (κ2) is 5.10. The first kappa shape index (κ1) is 13.4. The van der Waals surface area contributed by atoms with Gasteiger partial charge in [-0.05, 0) is 30.3 Å². The van der Waals surface area contributed by atoms with E-state index in [2.05, 4.69) is 9.97 Å². The number of fused-ring (bicyclic) bond motifs is 1. The molecule has 0 bridgehead atoms. The van der Waals surface area contributed by atoms with Crippen LogP contribution in [-0.2, 0) is 4.74 Å². The van der Waals surface area contributed by atoms with Gasteiger partial charge in [0.1, 0.15) is 5.82 Å². The van der Waals surface area contributed by atoms with Crippen LogP contribution in [0.3, 0.4) is 0 Å². The molecule has 21 heavy (non-hydrogen) atoms. The lowest BCUT2D eigenvalue weighted by molar-refractivity contribution is 0.0603. The number of aromatic nitrogens is 2. The van der Waals surface area contributed by atoms with Crippen molar-refractivity contribution in [1.82, 2.24) is 9.97 Å². The maximum Gasteiger partial charge on any atom is 0.339 e. The summed E-state index contributed by atoms with van der Waals surface area (Å²) in [5, 5.41) is 0.318. The number of rotatable bonds is 2. The number of ether oxygens (including phenoxy) is 1. The van der Waals surface area contributed by atoms with E-state index in [0.29, 0.717) is 32.3 Å². The summed E-state index contributed by atoms with van der Waals surface area (Å²) in [5.41, 5.74) is 7.58. The molecule has 2 N–H and O–H groups in total. The summed E-state index contributed by atoms with van der Waals surface area (Å²) in [6.45, 7) is 0. The fourth-order valence-corrected chi connectivity index (χ4v) is 2.73. The third kappa shape index (κ3) is 2.43. The molecule has 0 fully saturated rings. The normalized spacial score (nSPS) is 10.8. The minimum absolute atomic E-state index is 0.318. The van der Waals surface area contributed by atoms with Gasteiger partial charge in [-0.25, -0.2) is 19.2 Å². The summed E-state index contributed by atoms with van der Waals surface area (Å²) in [4.78, 5) is 20.4. The Morgan fingerprint density at radius 1 is 1.29 bits per heavy atom. The van der Waals surface area contributed by atoms with E-state index in [1.165, 1.54) is 30.6 Å². The number of halogens is 1. The van der Waals surface area contributed by atoms with Crippen LogP contribution in [0.1, 0.15) is 10.4 Å². The highest BCUT2D eigenvalue weighted by Gasteiger charge is 2.17. The molecule has 0 amide bonds. The van der Waals surface area contributed by atoms with E-state index in [9.17, 15) is 9.18 Å². The summed E-state index contributed by atoms with van der Waals surface area (Å²) in [7, 11) is 1.30. The molecule has 2 heterocycles. The monoisotopic (exact) mass is 303 g/mol. The number of pyridine rings is 1. The molecule has 7 heteroatoms. The van der Waals surface area contributed by atoms with Crippen molar-refractivity contribution in [1.29, 1.82) is 0 Å². The minimum atomic E-state index is -0.491. The first-order valence-corrected chi connectivity index (χ1v) is 6.81. The Balaban J connectivity index is 2.24. The molecule has 0 aliphatic carbocycles. The summed E-state index contributed by atoms with van der Waals surface area (Å²) < 4.78 is 18.3. The zero-order valence-corrected chi connectivity index (χ0v) is 11.8. The minimum Gasteiger partial charge on any atom is -0.465 e. The number of hydrogen-bond donors (Lipinski definition) is 1. The second-order valence-electron chi connectivity index (χ2n) is 4.26. The molecule has 3 rings (SSSR count). The number of carbonyl (C=O) groups is 1. The Kier molecular flexibility index (Phi) is 3.26. The molecule has 0 saturated carbocycles. The molecule has 5 nitrogen and oxygen atoms in total. The Morgan fingerprint density at radius 3 is 2.67 bits per heavy atom. The summed E-state index contributed by atoms with van der Waals surface area (Å²) >= 11 is 1.17. The average molecular weight is 303 g/mol. The fraction of sp³-hybridized carbons (Fsp3) is 0.0714. The summed E-state index contributed by atoms with van der Waals surface area (Å²) in [5.74, 6) is -0.833. The first-order chi connectivity index (χ1) is 10.1. The molecule has 0 aliphatic heterocycles. The highest BCUT2D eigenvalue weighted by atomic mass is 32.1. The molecule has 1 aromatic carbocycles. The molecule has 0 atom stereocenters. The van der Waals surface area contributed by atoms with Crippen LogP contribution in [0.5, 0.6) is 0 Å². The van der Waals surface area contributed by atoms with Crippen molar-refractivity contribution in [3.8, 4) is 11.3 Å². The number of nitrogens with two attached hydrogens (primary N) is 1. The van der Waals surface area contributed by atoms with E-state index in [1.54, 1.807) is 18.2 Å². The lowest BCUT2D eigenvalue weighted by Crippen LogP contribution is -2.02. The van der Waals surface area contributed by atoms with Crippen molar-refractivity contribution < 1.29 is 13.9 Å². The van der Waals surface area contributed by atoms with E-state index in [0.717, 1.165) is 0 Å². The lowest BCUT2D eigenvalue weighted by Gasteiger charge is -2.05. The van der Waals surface area contributed by atoms with Gasteiger partial charge in [0.05, 0.1) is 23.1 Å². The second-order valence-corrected chi connectivity index (χ2v) is 5.29. The number of methoxy groups -OCH3 is 1. The number of hydrogen-bond acceptors (Lipinski definition) is 6. The number of anilines is 1. The average Bonchev–Trinajstić information content (AvgIpc) is 2.86. The van der Waals surface area contributed by atoms with Crippen molar-refractivity contribution in [3.63, 3.8) is 0 Å². The molecular weight excluding hydrogens is 293 g/mol. The first-order valence-electron chi connectivity index (χ1n) is 6.00. The van der Waals surface area contributed by atoms with Crippen LogP contribution in [0.2, 0.25) is 0 Å². The largest absolute Gasteiger partial charge is 0.465 e. The summed E-state index contributed by atoms with van der Waals surface area (Å²) in [6, 6.07) is 7.42. The maximum atomic E-state index is 13.0. The van der Waals surface area contributed by atoms with Crippen LogP contribution < -0.4 is 5.73 Å². The van der Waals surface area contributed by atoms with Crippen LogP contribution >= 0.6 is 11.3 Å². The summed E-state index contributed by atoms with van der Waals surface area (Å²) in [6.07, 6.45) is 0. The van der Waals surface area contributed by atoms with Gasteiger partial charge < -0.3 is 10.5 Å². The Morgan fingerprint density at radius 2 is 2.00 bits per heavy atom. The van der Waals surface area contributed by atoms with Gasteiger partial charge in [0.2, 0.25) is 0 Å². The number of thiazole rings is 1. The van der Waals surface area contributed by atoms with Crippen molar-refractivity contribution in [2.24, 2.45) is 0 Å². The van der Waals surface area contributed by atoms with Crippen molar-refractivity contribution in [2.45, 2.75) is 0 Å². The quantitative estimate of drug-likeness (QED) is 0.736. The molecule has 2 aromatic heterocycles. The van der Waals surface area contributed by atoms with Gasteiger partial charge in [0.25, 0.3) is 0 Å². The van der Waals surface area contributed by atoms with Crippen molar-refractivity contribution in [2.75, 3.05) is 12.8 Å². The standard InChI is InChI=1S/C14H10FN3O2S/c1-20-13(19)9-6-10(7-2-4-8(15)5-3-7)17-12-11(9)21-14(16)18-12/h2-6H,1H3,(H2,16,17,18). The topological polar surface area (TPSA) is 78.1 Å². The van der Waals surface area contributed by atoms with Crippen LogP contribution in [-0.4, -0.2) is 23.0 Å². The van der Waals surface area contributed by atoms with Gasteiger partial charge in [-0.2, -0.15) is 0 Å². The molecular formula is C14H10FN3O2S. The molecule has 3 aromatic rings. The zero-order chi connectivity index (χ0) is 15.0. The van der Waals surface area contributed by atoms with Gasteiger partial charge in [0.15, 0.2) is 10.8 Å². The third-order valence-corrected chi connectivity index (χ3v) is 3.83. The van der Waals surface area contributed by atoms with E-state index < -0.39 is 5.97 Å². The maximum absolute atomic E-state index is 13.0. The number of benzene rings is 1. The molecule has 0 spiro atoms. The molecule has 106 valence electrons. The predicted molar refractivity (Wildman–Crippen MR) is 78.6 cm³/mol. The SMILES string of the molecule is COC(=O)c1cc(-c2ccc(F)cc2)nc2nc(N)sc12. The van der Waals surface area contributed by atoms with Crippen LogP contribution in [0.4, 0.5) is 9.52 Å². The van der Waals surface area contributed by atoms with Gasteiger partial charge in [-0.3, -0.25) is 0 Å². The number of carbonyl (C=O) groups excluding carboxylic acids is 1. The van der Waals surface area contributed by atoms with Gasteiger partial charge >= 0.3 is 5.97 Å². The van der Waals surface area contributed by atoms with E-state index in [-0.39, 0.29) is 5.82 Å². The molecule has 0 unspecified atom stereocenters. The zero-order valence-electron chi connectivity index (χ0n) is 11.0. The highest BCUT2D eigenvalue weighted by Crippen LogP contribution is 2.30. The van der Waals surface area contributed by atoms with Crippen LogP contribution in [0, 0.1) is 5.82 Å². The lowest BCUT2D eigenvalue weighted by atomic mass is 10.1. The predicted octanol–water partition coefficient (Wildman–Crippen LogP) is 2.87. The van der Waals surface area contributed by atoms with Crippen LogP contribution in [0.25, 0.3) is 21.6 Å². The van der Waals surface area contributed by atoms with Gasteiger partial charge in [0, 0.05) is 5.56 Å².